The third kappa shape index (κ3) is 2.37. The highest BCUT2D eigenvalue weighted by Gasteiger charge is 2.14. The largest absolute Gasteiger partial charge is 0.320 e. The topological polar surface area (TPSA) is 26.0 Å². The summed E-state index contributed by atoms with van der Waals surface area (Å²) in [5.41, 5.74) is 8.01. The maximum absolute atomic E-state index is 13.1. The quantitative estimate of drug-likeness (QED) is 0.836. The molecule has 1 unspecified atom stereocenters. The third-order valence-corrected chi connectivity index (χ3v) is 4.64. The van der Waals surface area contributed by atoms with E-state index in [0.29, 0.717) is 4.47 Å². The lowest BCUT2D eigenvalue weighted by Crippen LogP contribution is -2.11. The Morgan fingerprint density at radius 1 is 1.19 bits per heavy atom. The van der Waals surface area contributed by atoms with E-state index in [-0.39, 0.29) is 11.9 Å². The number of halogens is 3. The lowest BCUT2D eigenvalue weighted by molar-refractivity contribution is 0.619. The lowest BCUT2D eigenvalue weighted by atomic mass is 10.0. The van der Waals surface area contributed by atoms with Crippen LogP contribution in [0.2, 0.25) is 0 Å². The summed E-state index contributed by atoms with van der Waals surface area (Å²) in [6, 6.07) is 4.59. The second kappa shape index (κ2) is 4.96. The molecule has 84 valence electrons. The van der Waals surface area contributed by atoms with Crippen molar-refractivity contribution < 1.29 is 4.39 Å². The van der Waals surface area contributed by atoms with Crippen molar-refractivity contribution in [2.75, 3.05) is 0 Å². The summed E-state index contributed by atoms with van der Waals surface area (Å²) in [6.07, 6.45) is 0. The standard InChI is InChI=1S/C11H8Br2FNS/c12-8-3-6(1-2-10(8)14)11(15)7-4-16-5-9(7)13/h1-5,11H,15H2. The van der Waals surface area contributed by atoms with E-state index in [1.165, 1.54) is 6.07 Å². The Morgan fingerprint density at radius 3 is 2.50 bits per heavy atom. The average molecular weight is 365 g/mol. The van der Waals surface area contributed by atoms with E-state index < -0.39 is 0 Å². The average Bonchev–Trinajstić information content (AvgIpc) is 2.67. The molecule has 2 rings (SSSR count). The Labute approximate surface area is 114 Å². The summed E-state index contributed by atoms with van der Waals surface area (Å²) < 4.78 is 14.5. The van der Waals surface area contributed by atoms with Crippen LogP contribution in [0.15, 0.2) is 37.9 Å². The normalized spacial score (nSPS) is 12.8. The Balaban J connectivity index is 2.38. The van der Waals surface area contributed by atoms with Crippen LogP contribution >= 0.6 is 43.2 Å². The van der Waals surface area contributed by atoms with Gasteiger partial charge in [-0.1, -0.05) is 6.07 Å². The van der Waals surface area contributed by atoms with Crippen LogP contribution in [0.4, 0.5) is 4.39 Å². The van der Waals surface area contributed by atoms with E-state index in [0.717, 1.165) is 15.6 Å². The zero-order valence-electron chi connectivity index (χ0n) is 8.08. The molecule has 0 fully saturated rings. The Hall–Kier alpha value is -0.230. The molecular formula is C11H8Br2FNS. The maximum atomic E-state index is 13.1. The Kier molecular flexibility index (Phi) is 3.79. The van der Waals surface area contributed by atoms with Crippen LogP contribution in [0.25, 0.3) is 0 Å². The first-order valence-corrected chi connectivity index (χ1v) is 7.04. The first-order chi connectivity index (χ1) is 7.59. The van der Waals surface area contributed by atoms with Crippen LogP contribution in [0.1, 0.15) is 17.2 Å². The van der Waals surface area contributed by atoms with Crippen molar-refractivity contribution in [2.24, 2.45) is 5.73 Å². The van der Waals surface area contributed by atoms with Crippen molar-refractivity contribution in [3.63, 3.8) is 0 Å². The van der Waals surface area contributed by atoms with Gasteiger partial charge in [0.1, 0.15) is 5.82 Å². The molecule has 0 spiro atoms. The molecule has 0 aliphatic rings. The van der Waals surface area contributed by atoms with Crippen molar-refractivity contribution in [3.05, 3.63) is 54.8 Å². The lowest BCUT2D eigenvalue weighted by Gasteiger charge is -2.12. The van der Waals surface area contributed by atoms with E-state index >= 15 is 0 Å². The molecule has 1 nitrogen and oxygen atoms in total. The monoisotopic (exact) mass is 363 g/mol. The van der Waals surface area contributed by atoms with Gasteiger partial charge in [-0.05, 0) is 60.5 Å². The van der Waals surface area contributed by atoms with Gasteiger partial charge in [-0.15, -0.1) is 0 Å². The highest BCUT2D eigenvalue weighted by molar-refractivity contribution is 9.10. The summed E-state index contributed by atoms with van der Waals surface area (Å²) in [6.45, 7) is 0. The van der Waals surface area contributed by atoms with Gasteiger partial charge in [-0.3, -0.25) is 0 Å². The van der Waals surface area contributed by atoms with Gasteiger partial charge in [-0.25, -0.2) is 4.39 Å². The minimum Gasteiger partial charge on any atom is -0.320 e. The fourth-order valence-corrected chi connectivity index (χ4v) is 3.38. The second-order valence-corrected chi connectivity index (χ2v) is 5.78. The van der Waals surface area contributed by atoms with Crippen molar-refractivity contribution in [1.82, 2.24) is 0 Å². The SMILES string of the molecule is NC(c1ccc(F)c(Br)c1)c1cscc1Br. The number of nitrogens with two attached hydrogens (primary N) is 1. The van der Waals surface area contributed by atoms with Gasteiger partial charge in [0, 0.05) is 9.85 Å². The van der Waals surface area contributed by atoms with E-state index in [1.807, 2.05) is 10.8 Å². The number of thiophene rings is 1. The molecule has 0 saturated carbocycles. The highest BCUT2D eigenvalue weighted by atomic mass is 79.9. The Morgan fingerprint density at radius 2 is 1.94 bits per heavy atom. The van der Waals surface area contributed by atoms with Crippen LogP contribution < -0.4 is 5.73 Å². The van der Waals surface area contributed by atoms with Crippen molar-refractivity contribution in [3.8, 4) is 0 Å². The van der Waals surface area contributed by atoms with Crippen LogP contribution in [0, 0.1) is 5.82 Å². The van der Waals surface area contributed by atoms with Gasteiger partial charge in [0.15, 0.2) is 0 Å². The minimum absolute atomic E-state index is 0.238. The zero-order valence-corrected chi connectivity index (χ0v) is 12.1. The van der Waals surface area contributed by atoms with Gasteiger partial charge in [0.2, 0.25) is 0 Å². The van der Waals surface area contributed by atoms with E-state index in [9.17, 15) is 4.39 Å². The molecule has 1 heterocycles. The molecule has 0 aliphatic heterocycles. The van der Waals surface area contributed by atoms with Gasteiger partial charge < -0.3 is 5.73 Å². The highest BCUT2D eigenvalue weighted by Crippen LogP contribution is 2.31. The first kappa shape index (κ1) is 12.2. The molecule has 0 radical (unpaired) electrons. The van der Waals surface area contributed by atoms with Crippen LogP contribution in [0.3, 0.4) is 0 Å². The first-order valence-electron chi connectivity index (χ1n) is 4.51. The second-order valence-electron chi connectivity index (χ2n) is 3.33. The predicted octanol–water partition coefficient (Wildman–Crippen LogP) is 4.46. The van der Waals surface area contributed by atoms with E-state index in [4.69, 9.17) is 5.73 Å². The summed E-state index contributed by atoms with van der Waals surface area (Å²) in [5, 5.41) is 3.97. The van der Waals surface area contributed by atoms with Crippen molar-refractivity contribution in [2.45, 2.75) is 6.04 Å². The zero-order chi connectivity index (χ0) is 11.7. The predicted molar refractivity (Wildman–Crippen MR) is 72.1 cm³/mol. The fraction of sp³-hybridized carbons (Fsp3) is 0.0909. The summed E-state index contributed by atoms with van der Waals surface area (Å²) in [7, 11) is 0. The molecule has 0 amide bonds. The molecule has 16 heavy (non-hydrogen) atoms. The molecule has 1 aromatic heterocycles. The van der Waals surface area contributed by atoms with Crippen LogP contribution in [0.5, 0.6) is 0 Å². The van der Waals surface area contributed by atoms with Gasteiger partial charge in [-0.2, -0.15) is 11.3 Å². The number of hydrogen-bond acceptors (Lipinski definition) is 2. The third-order valence-electron chi connectivity index (χ3n) is 2.28. The van der Waals surface area contributed by atoms with E-state index in [1.54, 1.807) is 23.5 Å². The molecule has 5 heteroatoms. The van der Waals surface area contributed by atoms with Crippen molar-refractivity contribution in [1.29, 1.82) is 0 Å². The molecular weight excluding hydrogens is 357 g/mol. The molecule has 1 atom stereocenters. The van der Waals surface area contributed by atoms with E-state index in [2.05, 4.69) is 31.9 Å². The molecule has 0 saturated heterocycles. The fourth-order valence-electron chi connectivity index (χ4n) is 1.40. The number of hydrogen-bond donors (Lipinski definition) is 1. The molecule has 2 aromatic rings. The molecule has 1 aromatic carbocycles. The number of rotatable bonds is 2. The molecule has 0 aliphatic carbocycles. The minimum atomic E-state index is -0.277. The van der Waals surface area contributed by atoms with Gasteiger partial charge in [0.25, 0.3) is 0 Å². The van der Waals surface area contributed by atoms with Crippen LogP contribution in [-0.4, -0.2) is 0 Å². The van der Waals surface area contributed by atoms with Crippen molar-refractivity contribution >= 4 is 43.2 Å². The number of benzene rings is 1. The Bertz CT molecular complexity index is 512. The molecule has 0 bridgehead atoms. The summed E-state index contributed by atoms with van der Waals surface area (Å²) in [4.78, 5) is 0. The summed E-state index contributed by atoms with van der Waals surface area (Å²) >= 11 is 8.18. The summed E-state index contributed by atoms with van der Waals surface area (Å²) in [5.74, 6) is -0.277. The van der Waals surface area contributed by atoms with Crippen LogP contribution in [-0.2, 0) is 0 Å². The van der Waals surface area contributed by atoms with Gasteiger partial charge >= 0.3 is 0 Å². The molecule has 2 N–H and O–H groups in total. The smallest absolute Gasteiger partial charge is 0.137 e. The van der Waals surface area contributed by atoms with Gasteiger partial charge in [0.05, 0.1) is 10.5 Å². The maximum Gasteiger partial charge on any atom is 0.137 e.